The third-order valence-corrected chi connectivity index (χ3v) is 3.80. The van der Waals surface area contributed by atoms with Crippen molar-refractivity contribution in [1.29, 1.82) is 0 Å². The Hall–Kier alpha value is -1.40. The van der Waals surface area contributed by atoms with Crippen LogP contribution in [0.25, 0.3) is 11.4 Å². The Bertz CT molecular complexity index is 581. The van der Waals surface area contributed by atoms with Crippen molar-refractivity contribution in [3.8, 4) is 17.1 Å². The molecule has 2 N–H and O–H groups in total. The second kappa shape index (κ2) is 5.30. The first-order chi connectivity index (χ1) is 9.26. The normalized spacial score (nSPS) is 15.3. The summed E-state index contributed by atoms with van der Waals surface area (Å²) in [5.41, 5.74) is 6.32. The number of hydrogen-bond acceptors (Lipinski definition) is 5. The summed E-state index contributed by atoms with van der Waals surface area (Å²) in [6.45, 7) is 0.247. The Morgan fingerprint density at radius 3 is 2.84 bits per heavy atom. The van der Waals surface area contributed by atoms with Crippen molar-refractivity contribution in [2.75, 3.05) is 0 Å². The quantitative estimate of drug-likeness (QED) is 0.936. The highest BCUT2D eigenvalue weighted by Gasteiger charge is 2.20. The van der Waals surface area contributed by atoms with E-state index in [0.717, 1.165) is 28.6 Å². The van der Waals surface area contributed by atoms with Gasteiger partial charge in [-0.25, -0.2) is 0 Å². The van der Waals surface area contributed by atoms with Gasteiger partial charge in [0.2, 0.25) is 11.7 Å². The highest BCUT2D eigenvalue weighted by Crippen LogP contribution is 2.33. The van der Waals surface area contributed by atoms with Crippen molar-refractivity contribution >= 4 is 15.9 Å². The van der Waals surface area contributed by atoms with Crippen LogP contribution in [0.3, 0.4) is 0 Å². The Labute approximate surface area is 119 Å². The lowest BCUT2D eigenvalue weighted by Gasteiger charge is -2.26. The first-order valence-corrected chi connectivity index (χ1v) is 7.05. The largest absolute Gasteiger partial charge is 0.489 e. The van der Waals surface area contributed by atoms with Crippen LogP contribution in [0, 0.1) is 0 Å². The molecule has 1 aliphatic rings. The maximum atomic E-state index is 5.87. The van der Waals surface area contributed by atoms with Crippen molar-refractivity contribution in [2.45, 2.75) is 31.9 Å². The summed E-state index contributed by atoms with van der Waals surface area (Å²) in [7, 11) is 0. The number of rotatable bonds is 4. The predicted octanol–water partition coefficient (Wildman–Crippen LogP) is 2.89. The molecule has 1 saturated carbocycles. The molecule has 0 spiro atoms. The van der Waals surface area contributed by atoms with E-state index in [1.807, 2.05) is 18.2 Å². The zero-order chi connectivity index (χ0) is 13.2. The molecule has 1 aromatic heterocycles. The van der Waals surface area contributed by atoms with Crippen molar-refractivity contribution < 1.29 is 9.26 Å². The van der Waals surface area contributed by atoms with Crippen molar-refractivity contribution in [3.63, 3.8) is 0 Å². The monoisotopic (exact) mass is 323 g/mol. The van der Waals surface area contributed by atoms with Crippen LogP contribution < -0.4 is 10.5 Å². The van der Waals surface area contributed by atoms with Crippen LogP contribution in [0.1, 0.15) is 25.2 Å². The van der Waals surface area contributed by atoms with Gasteiger partial charge in [-0.3, -0.25) is 0 Å². The van der Waals surface area contributed by atoms with Crippen molar-refractivity contribution in [3.05, 3.63) is 28.6 Å². The average Bonchev–Trinajstić information content (AvgIpc) is 2.84. The molecule has 0 unspecified atom stereocenters. The summed E-state index contributed by atoms with van der Waals surface area (Å²) >= 11 is 3.51. The molecule has 2 aromatic rings. The number of hydrogen-bond donors (Lipinski definition) is 1. The van der Waals surface area contributed by atoms with Gasteiger partial charge >= 0.3 is 0 Å². The predicted molar refractivity (Wildman–Crippen MR) is 73.6 cm³/mol. The maximum Gasteiger partial charge on any atom is 0.240 e. The van der Waals surface area contributed by atoms with Gasteiger partial charge in [0.05, 0.1) is 17.1 Å². The Morgan fingerprint density at radius 2 is 2.26 bits per heavy atom. The van der Waals surface area contributed by atoms with E-state index >= 15 is 0 Å². The summed E-state index contributed by atoms with van der Waals surface area (Å²) in [4.78, 5) is 4.19. The van der Waals surface area contributed by atoms with Crippen LogP contribution in [0.5, 0.6) is 5.75 Å². The molecule has 3 rings (SSSR count). The smallest absolute Gasteiger partial charge is 0.240 e. The van der Waals surface area contributed by atoms with E-state index in [1.165, 1.54) is 6.42 Å². The van der Waals surface area contributed by atoms with Gasteiger partial charge in [0, 0.05) is 5.56 Å². The fourth-order valence-electron chi connectivity index (χ4n) is 1.86. The summed E-state index contributed by atoms with van der Waals surface area (Å²) in [5.74, 6) is 1.83. The lowest BCUT2D eigenvalue weighted by molar-refractivity contribution is 0.119. The average molecular weight is 324 g/mol. The molecule has 19 heavy (non-hydrogen) atoms. The fraction of sp³-hybridized carbons (Fsp3) is 0.385. The zero-order valence-corrected chi connectivity index (χ0v) is 11.9. The number of benzene rings is 1. The van der Waals surface area contributed by atoms with E-state index in [4.69, 9.17) is 15.0 Å². The van der Waals surface area contributed by atoms with Gasteiger partial charge in [-0.15, -0.1) is 0 Å². The minimum atomic E-state index is 0.247. The number of halogens is 1. The third kappa shape index (κ3) is 2.64. The lowest BCUT2D eigenvalue weighted by atomic mass is 9.96. The molecule has 0 bridgehead atoms. The van der Waals surface area contributed by atoms with Crippen LogP contribution in [0.2, 0.25) is 0 Å². The van der Waals surface area contributed by atoms with Crippen LogP contribution in [0.15, 0.2) is 27.2 Å². The van der Waals surface area contributed by atoms with Crippen molar-refractivity contribution in [2.24, 2.45) is 5.73 Å². The molecule has 6 heteroatoms. The molecule has 1 fully saturated rings. The number of aromatic nitrogens is 2. The maximum absolute atomic E-state index is 5.87. The third-order valence-electron chi connectivity index (χ3n) is 3.18. The van der Waals surface area contributed by atoms with Gasteiger partial charge in [-0.2, -0.15) is 4.98 Å². The number of nitrogens with two attached hydrogens (primary N) is 1. The Balaban J connectivity index is 1.81. The standard InChI is InChI=1S/C13H14BrN3O2/c14-10-6-8(13-16-12(7-15)19-17-13)4-5-11(10)18-9-2-1-3-9/h4-6,9H,1-3,7,15H2. The van der Waals surface area contributed by atoms with E-state index in [0.29, 0.717) is 17.8 Å². The molecule has 0 atom stereocenters. The number of nitrogens with zero attached hydrogens (tertiary/aromatic N) is 2. The highest BCUT2D eigenvalue weighted by atomic mass is 79.9. The van der Waals surface area contributed by atoms with Gasteiger partial charge < -0.3 is 15.0 Å². The molecule has 1 heterocycles. The second-order valence-corrected chi connectivity index (χ2v) is 5.39. The molecule has 5 nitrogen and oxygen atoms in total. The van der Waals surface area contributed by atoms with Crippen LogP contribution in [-0.4, -0.2) is 16.2 Å². The lowest BCUT2D eigenvalue weighted by Crippen LogP contribution is -2.24. The first-order valence-electron chi connectivity index (χ1n) is 6.25. The summed E-state index contributed by atoms with van der Waals surface area (Å²) in [6, 6.07) is 5.78. The fourth-order valence-corrected chi connectivity index (χ4v) is 2.33. The molecule has 0 radical (unpaired) electrons. The van der Waals surface area contributed by atoms with E-state index in [1.54, 1.807) is 0 Å². The van der Waals surface area contributed by atoms with E-state index in [2.05, 4.69) is 26.1 Å². The molecule has 1 aromatic carbocycles. The molecule has 1 aliphatic carbocycles. The van der Waals surface area contributed by atoms with Crippen LogP contribution in [0.4, 0.5) is 0 Å². The van der Waals surface area contributed by atoms with Crippen molar-refractivity contribution in [1.82, 2.24) is 10.1 Å². The van der Waals surface area contributed by atoms with Crippen LogP contribution in [-0.2, 0) is 6.54 Å². The van der Waals surface area contributed by atoms with E-state index < -0.39 is 0 Å². The summed E-state index contributed by atoms with van der Waals surface area (Å²) in [6.07, 6.45) is 3.89. The first kappa shape index (κ1) is 12.6. The highest BCUT2D eigenvalue weighted by molar-refractivity contribution is 9.10. The second-order valence-electron chi connectivity index (χ2n) is 4.53. The van der Waals surface area contributed by atoms with Gasteiger partial charge in [-0.05, 0) is 53.4 Å². The van der Waals surface area contributed by atoms with Gasteiger partial charge in [0.15, 0.2) is 0 Å². The molecular formula is C13H14BrN3O2. The van der Waals surface area contributed by atoms with E-state index in [9.17, 15) is 0 Å². The molecule has 0 amide bonds. The molecule has 0 aliphatic heterocycles. The summed E-state index contributed by atoms with van der Waals surface area (Å²) < 4.78 is 11.8. The zero-order valence-electron chi connectivity index (χ0n) is 10.3. The van der Waals surface area contributed by atoms with Crippen LogP contribution >= 0.6 is 15.9 Å². The SMILES string of the molecule is NCc1nc(-c2ccc(OC3CCC3)c(Br)c2)no1. The van der Waals surface area contributed by atoms with Gasteiger partial charge in [0.25, 0.3) is 0 Å². The Kier molecular flexibility index (Phi) is 3.52. The molecule has 0 saturated heterocycles. The number of ether oxygens (including phenoxy) is 1. The topological polar surface area (TPSA) is 74.2 Å². The van der Waals surface area contributed by atoms with Gasteiger partial charge in [-0.1, -0.05) is 5.16 Å². The van der Waals surface area contributed by atoms with E-state index in [-0.39, 0.29) is 6.54 Å². The molecular weight excluding hydrogens is 310 g/mol. The molecule has 100 valence electrons. The Morgan fingerprint density at radius 1 is 1.42 bits per heavy atom. The van der Waals surface area contributed by atoms with Gasteiger partial charge in [0.1, 0.15) is 5.75 Å². The minimum Gasteiger partial charge on any atom is -0.489 e. The minimum absolute atomic E-state index is 0.247. The summed E-state index contributed by atoms with van der Waals surface area (Å²) in [5, 5.41) is 3.89.